The van der Waals surface area contributed by atoms with E-state index in [1.165, 1.54) is 60.3 Å². The van der Waals surface area contributed by atoms with E-state index < -0.39 is 0 Å². The minimum Gasteiger partial charge on any atom is -0.453 e. The molecule has 10 rings (SSSR count). The lowest BCUT2D eigenvalue weighted by atomic mass is 9.96. The van der Waals surface area contributed by atoms with Gasteiger partial charge in [0.25, 0.3) is 0 Å². The highest BCUT2D eigenvalue weighted by Gasteiger charge is 2.25. The molecule has 1 aliphatic heterocycles. The van der Waals surface area contributed by atoms with Crippen molar-refractivity contribution in [3.8, 4) is 45.1 Å². The molecule has 0 N–H and O–H groups in total. The molecule has 3 heterocycles. The second-order valence-corrected chi connectivity index (χ2v) is 11.8. The van der Waals surface area contributed by atoms with Crippen LogP contribution in [0, 0.1) is 0 Å². The highest BCUT2D eigenvalue weighted by molar-refractivity contribution is 6.18. The van der Waals surface area contributed by atoms with Gasteiger partial charge in [0.2, 0.25) is 0 Å². The standard InChI is InChI=1S/C42H26N2O/c1-4-15-35-32(12-1)33-13-2-5-16-36(33)43(35)30-11-9-10-29(26-30)27-20-22-28(23-21-27)31-24-25-40-42-41(31)34-14-3-6-17-37(34)44(42)38-18-7-8-19-39(38)45-40/h1-26H. The van der Waals surface area contributed by atoms with Gasteiger partial charge in [-0.3, -0.25) is 0 Å². The van der Waals surface area contributed by atoms with E-state index >= 15 is 0 Å². The molecule has 45 heavy (non-hydrogen) atoms. The average Bonchev–Trinajstić information content (AvgIpc) is 3.64. The normalized spacial score (nSPS) is 12.2. The largest absolute Gasteiger partial charge is 0.453 e. The Morgan fingerprint density at radius 2 is 1.02 bits per heavy atom. The summed E-state index contributed by atoms with van der Waals surface area (Å²) >= 11 is 0. The molecule has 210 valence electrons. The first-order valence-electron chi connectivity index (χ1n) is 15.4. The Balaban J connectivity index is 1.11. The van der Waals surface area contributed by atoms with Crippen molar-refractivity contribution in [2.75, 3.05) is 0 Å². The van der Waals surface area contributed by atoms with E-state index in [4.69, 9.17) is 4.74 Å². The SMILES string of the molecule is c1cc(-c2ccc(-c3ccc4c5c3c3ccccc3n5-c3ccccc3O4)cc2)cc(-n2c3ccccc3c3ccccc32)c1. The van der Waals surface area contributed by atoms with Gasteiger partial charge in [-0.2, -0.15) is 0 Å². The van der Waals surface area contributed by atoms with Crippen LogP contribution in [-0.2, 0) is 0 Å². The van der Waals surface area contributed by atoms with Crippen molar-refractivity contribution in [3.63, 3.8) is 0 Å². The lowest BCUT2D eigenvalue weighted by molar-refractivity contribution is 0.476. The Bertz CT molecular complexity index is 2570. The number of para-hydroxylation sites is 5. The Labute approximate surface area is 259 Å². The monoisotopic (exact) mass is 574 g/mol. The summed E-state index contributed by atoms with van der Waals surface area (Å²) in [4.78, 5) is 0. The molecule has 0 bridgehead atoms. The fourth-order valence-corrected chi connectivity index (χ4v) is 7.35. The highest BCUT2D eigenvalue weighted by atomic mass is 16.5. The number of nitrogens with zero attached hydrogens (tertiary/aromatic N) is 2. The van der Waals surface area contributed by atoms with Crippen LogP contribution in [0.25, 0.3) is 77.2 Å². The summed E-state index contributed by atoms with van der Waals surface area (Å²) in [5, 5.41) is 5.00. The molecule has 0 atom stereocenters. The molecule has 0 fully saturated rings. The third kappa shape index (κ3) is 3.46. The molecule has 7 aromatic carbocycles. The van der Waals surface area contributed by atoms with Crippen molar-refractivity contribution in [1.29, 1.82) is 0 Å². The molecule has 1 aliphatic rings. The number of ether oxygens (including phenoxy) is 1. The summed E-state index contributed by atoms with van der Waals surface area (Å²) in [6, 6.07) is 56.5. The quantitative estimate of drug-likeness (QED) is 0.205. The predicted octanol–water partition coefficient (Wildman–Crippen LogP) is 11.3. The van der Waals surface area contributed by atoms with Crippen molar-refractivity contribution in [2.24, 2.45) is 0 Å². The van der Waals surface area contributed by atoms with Crippen LogP contribution in [0.2, 0.25) is 0 Å². The van der Waals surface area contributed by atoms with Crippen molar-refractivity contribution < 1.29 is 4.74 Å². The van der Waals surface area contributed by atoms with Gasteiger partial charge in [0.15, 0.2) is 11.5 Å². The molecule has 0 radical (unpaired) electrons. The fraction of sp³-hybridized carbons (Fsp3) is 0. The third-order valence-corrected chi connectivity index (χ3v) is 9.32. The summed E-state index contributed by atoms with van der Waals surface area (Å²) in [7, 11) is 0. The summed E-state index contributed by atoms with van der Waals surface area (Å²) < 4.78 is 11.2. The van der Waals surface area contributed by atoms with Crippen molar-refractivity contribution in [2.45, 2.75) is 0 Å². The second-order valence-electron chi connectivity index (χ2n) is 11.8. The number of aromatic nitrogens is 2. The van der Waals surface area contributed by atoms with E-state index in [-0.39, 0.29) is 0 Å². The van der Waals surface area contributed by atoms with Gasteiger partial charge < -0.3 is 13.9 Å². The summed E-state index contributed by atoms with van der Waals surface area (Å²) in [5.74, 6) is 1.77. The van der Waals surface area contributed by atoms with E-state index in [0.29, 0.717) is 0 Å². The van der Waals surface area contributed by atoms with Crippen LogP contribution >= 0.6 is 0 Å². The first-order valence-corrected chi connectivity index (χ1v) is 15.4. The molecule has 0 saturated heterocycles. The van der Waals surface area contributed by atoms with Crippen molar-refractivity contribution >= 4 is 43.6 Å². The van der Waals surface area contributed by atoms with Gasteiger partial charge in [-0.05, 0) is 76.9 Å². The lowest BCUT2D eigenvalue weighted by Crippen LogP contribution is -2.03. The molecule has 3 heteroatoms. The zero-order valence-corrected chi connectivity index (χ0v) is 24.3. The maximum atomic E-state index is 6.42. The first-order chi connectivity index (χ1) is 22.3. The number of benzene rings is 7. The van der Waals surface area contributed by atoms with Crippen LogP contribution in [0.15, 0.2) is 158 Å². The Hall–Kier alpha value is -6.06. The zero-order valence-electron chi connectivity index (χ0n) is 24.3. The number of fused-ring (bicyclic) bond motifs is 8. The van der Waals surface area contributed by atoms with E-state index in [1.54, 1.807) is 0 Å². The van der Waals surface area contributed by atoms with Crippen LogP contribution in [0.5, 0.6) is 11.5 Å². The number of rotatable bonds is 3. The van der Waals surface area contributed by atoms with Gasteiger partial charge in [0, 0.05) is 27.2 Å². The molecule has 0 unspecified atom stereocenters. The van der Waals surface area contributed by atoms with Gasteiger partial charge in [0.1, 0.15) is 0 Å². The number of hydrogen-bond donors (Lipinski definition) is 0. The second kappa shape index (κ2) is 9.22. The summed E-state index contributed by atoms with van der Waals surface area (Å²) in [5.41, 5.74) is 11.8. The fourth-order valence-electron chi connectivity index (χ4n) is 7.35. The molecule has 0 saturated carbocycles. The third-order valence-electron chi connectivity index (χ3n) is 9.32. The Morgan fingerprint density at radius 1 is 0.400 bits per heavy atom. The molecule has 0 aliphatic carbocycles. The van der Waals surface area contributed by atoms with E-state index in [2.05, 4.69) is 155 Å². The van der Waals surface area contributed by atoms with Crippen LogP contribution in [0.3, 0.4) is 0 Å². The molecule has 9 aromatic rings. The van der Waals surface area contributed by atoms with Crippen LogP contribution in [0.1, 0.15) is 0 Å². The molecular formula is C42H26N2O. The maximum Gasteiger partial charge on any atom is 0.152 e. The molecular weight excluding hydrogens is 548 g/mol. The average molecular weight is 575 g/mol. The van der Waals surface area contributed by atoms with Crippen molar-refractivity contribution in [1.82, 2.24) is 9.13 Å². The minimum absolute atomic E-state index is 0.882. The first kappa shape index (κ1) is 24.4. The predicted molar refractivity (Wildman–Crippen MR) is 186 cm³/mol. The smallest absolute Gasteiger partial charge is 0.152 e. The van der Waals surface area contributed by atoms with Gasteiger partial charge in [-0.1, -0.05) is 103 Å². The van der Waals surface area contributed by atoms with Crippen LogP contribution < -0.4 is 4.74 Å². The Kier molecular flexibility index (Phi) is 5.00. The van der Waals surface area contributed by atoms with E-state index in [0.717, 1.165) is 28.4 Å². The van der Waals surface area contributed by atoms with Gasteiger partial charge in [-0.25, -0.2) is 0 Å². The molecule has 0 spiro atoms. The van der Waals surface area contributed by atoms with Gasteiger partial charge in [-0.15, -0.1) is 0 Å². The molecule has 2 aromatic heterocycles. The van der Waals surface area contributed by atoms with E-state index in [1.807, 2.05) is 12.1 Å². The van der Waals surface area contributed by atoms with Crippen LogP contribution in [-0.4, -0.2) is 9.13 Å². The van der Waals surface area contributed by atoms with E-state index in [9.17, 15) is 0 Å². The maximum absolute atomic E-state index is 6.42. The minimum atomic E-state index is 0.882. The molecule has 3 nitrogen and oxygen atoms in total. The topological polar surface area (TPSA) is 19.1 Å². The van der Waals surface area contributed by atoms with Crippen LogP contribution in [0.4, 0.5) is 0 Å². The summed E-state index contributed by atoms with van der Waals surface area (Å²) in [6.45, 7) is 0. The van der Waals surface area contributed by atoms with Gasteiger partial charge >= 0.3 is 0 Å². The Morgan fingerprint density at radius 3 is 1.78 bits per heavy atom. The lowest BCUT2D eigenvalue weighted by Gasteiger charge is -2.21. The summed E-state index contributed by atoms with van der Waals surface area (Å²) in [6.07, 6.45) is 0. The van der Waals surface area contributed by atoms with Gasteiger partial charge in [0.05, 0.1) is 27.8 Å². The molecule has 0 amide bonds. The highest BCUT2D eigenvalue weighted by Crippen LogP contribution is 2.48. The zero-order chi connectivity index (χ0) is 29.5. The number of hydrogen-bond acceptors (Lipinski definition) is 1. The van der Waals surface area contributed by atoms with Crippen molar-refractivity contribution in [3.05, 3.63) is 158 Å².